The van der Waals surface area contributed by atoms with E-state index in [4.69, 9.17) is 0 Å². The molecule has 2 heterocycles. The fourth-order valence-corrected chi connectivity index (χ4v) is 4.70. The van der Waals surface area contributed by atoms with Gasteiger partial charge in [-0.1, -0.05) is 17.4 Å². The van der Waals surface area contributed by atoms with Crippen LogP contribution in [0.4, 0.5) is 5.82 Å². The summed E-state index contributed by atoms with van der Waals surface area (Å²) in [5.74, 6) is 0.305. The molecule has 0 fully saturated rings. The van der Waals surface area contributed by atoms with Gasteiger partial charge in [0.05, 0.1) is 5.69 Å². The first-order valence-electron chi connectivity index (χ1n) is 4.98. The molecule has 0 amide bonds. The molecule has 0 bridgehead atoms. The van der Waals surface area contributed by atoms with E-state index in [1.54, 1.807) is 32.0 Å². The molecule has 0 radical (unpaired) electrons. The number of thiazole rings is 1. The fraction of sp³-hybridized carbons (Fsp3) is 0.200. The van der Waals surface area contributed by atoms with E-state index in [-0.39, 0.29) is 4.21 Å². The largest absolute Gasteiger partial charge is 0.274 e. The van der Waals surface area contributed by atoms with Crippen LogP contribution in [-0.4, -0.2) is 18.4 Å². The summed E-state index contributed by atoms with van der Waals surface area (Å²) < 4.78 is 27.5. The van der Waals surface area contributed by atoms with Crippen LogP contribution in [-0.2, 0) is 10.0 Å². The number of hydrogen-bond donors (Lipinski definition) is 1. The van der Waals surface area contributed by atoms with E-state index in [1.807, 2.05) is 0 Å². The normalized spacial score (nSPS) is 11.5. The summed E-state index contributed by atoms with van der Waals surface area (Å²) in [6, 6.07) is 5.15. The number of nitrogens with zero attached hydrogens (tertiary/aromatic N) is 2. The Hall–Kier alpha value is -0.990. The Balaban J connectivity index is 2.36. The zero-order valence-corrected chi connectivity index (χ0v) is 12.9. The van der Waals surface area contributed by atoms with Crippen LogP contribution in [0.15, 0.2) is 26.3 Å². The van der Waals surface area contributed by atoms with Gasteiger partial charge in [-0.05, 0) is 41.9 Å². The Morgan fingerprint density at radius 2 is 2.00 bits per heavy atom. The first-order chi connectivity index (χ1) is 8.38. The molecule has 5 nitrogen and oxygen atoms in total. The van der Waals surface area contributed by atoms with Crippen LogP contribution in [0.25, 0.3) is 0 Å². The molecule has 0 saturated heterocycles. The minimum absolute atomic E-state index is 0.192. The third-order valence-corrected chi connectivity index (χ3v) is 5.67. The summed E-state index contributed by atoms with van der Waals surface area (Å²) >= 11 is 4.24. The Labute approximate surface area is 117 Å². The van der Waals surface area contributed by atoms with Crippen LogP contribution >= 0.6 is 27.3 Å². The number of pyridine rings is 1. The van der Waals surface area contributed by atoms with Gasteiger partial charge in [-0.15, -0.1) is 0 Å². The van der Waals surface area contributed by atoms with Gasteiger partial charge in [-0.25, -0.2) is 18.4 Å². The topological polar surface area (TPSA) is 72.0 Å². The van der Waals surface area contributed by atoms with Crippen LogP contribution in [0, 0.1) is 13.8 Å². The Morgan fingerprint density at radius 1 is 1.28 bits per heavy atom. The van der Waals surface area contributed by atoms with Crippen LogP contribution in [0.2, 0.25) is 0 Å². The summed E-state index contributed by atoms with van der Waals surface area (Å²) in [7, 11) is -3.63. The number of aromatic nitrogens is 2. The Bertz CT molecular complexity index is 682. The minimum atomic E-state index is -3.63. The molecule has 18 heavy (non-hydrogen) atoms. The second kappa shape index (κ2) is 4.94. The van der Waals surface area contributed by atoms with E-state index >= 15 is 0 Å². The van der Waals surface area contributed by atoms with Gasteiger partial charge in [0, 0.05) is 5.69 Å². The number of aryl methyl sites for hydroxylation is 2. The number of anilines is 1. The smallest absolute Gasteiger partial charge is 0.263 e. The molecule has 2 aromatic heterocycles. The summed E-state index contributed by atoms with van der Waals surface area (Å²) in [4.78, 5) is 8.13. The van der Waals surface area contributed by atoms with Gasteiger partial charge in [0.1, 0.15) is 5.82 Å². The number of halogens is 1. The summed E-state index contributed by atoms with van der Waals surface area (Å²) in [5, 5.41) is 0. The van der Waals surface area contributed by atoms with Gasteiger partial charge in [-0.2, -0.15) is 0 Å². The van der Waals surface area contributed by atoms with E-state index in [0.717, 1.165) is 17.0 Å². The summed E-state index contributed by atoms with van der Waals surface area (Å²) in [5.41, 5.74) is 1.21. The monoisotopic (exact) mass is 347 g/mol. The van der Waals surface area contributed by atoms with Crippen LogP contribution < -0.4 is 4.72 Å². The quantitative estimate of drug-likeness (QED) is 0.926. The van der Waals surface area contributed by atoms with Crippen molar-refractivity contribution in [2.45, 2.75) is 18.1 Å². The maximum atomic E-state index is 12.1. The first kappa shape index (κ1) is 13.4. The van der Waals surface area contributed by atoms with Gasteiger partial charge < -0.3 is 0 Å². The average Bonchev–Trinajstić information content (AvgIpc) is 2.58. The highest BCUT2D eigenvalue weighted by Gasteiger charge is 2.21. The maximum absolute atomic E-state index is 12.1. The number of nitrogens with one attached hydrogen (secondary N) is 1. The van der Waals surface area contributed by atoms with Gasteiger partial charge in [0.2, 0.25) is 0 Å². The van der Waals surface area contributed by atoms with Crippen LogP contribution in [0.1, 0.15) is 11.4 Å². The molecular formula is C10H10BrN3O2S2. The van der Waals surface area contributed by atoms with Gasteiger partial charge in [-0.3, -0.25) is 4.72 Å². The molecule has 0 spiro atoms. The van der Waals surface area contributed by atoms with Crippen molar-refractivity contribution in [1.29, 1.82) is 0 Å². The number of sulfonamides is 1. The highest BCUT2D eigenvalue weighted by molar-refractivity contribution is 9.11. The lowest BCUT2D eigenvalue weighted by atomic mass is 10.4. The molecule has 0 saturated carbocycles. The molecule has 0 unspecified atom stereocenters. The molecule has 0 aliphatic carbocycles. The lowest BCUT2D eigenvalue weighted by Crippen LogP contribution is -2.13. The van der Waals surface area contributed by atoms with Crippen molar-refractivity contribution < 1.29 is 8.42 Å². The van der Waals surface area contributed by atoms with Crippen molar-refractivity contribution in [3.05, 3.63) is 33.5 Å². The van der Waals surface area contributed by atoms with Crippen LogP contribution in [0.5, 0.6) is 0 Å². The molecule has 2 aromatic rings. The highest BCUT2D eigenvalue weighted by atomic mass is 79.9. The van der Waals surface area contributed by atoms with Gasteiger partial charge >= 0.3 is 0 Å². The Kier molecular flexibility index (Phi) is 3.69. The lowest BCUT2D eigenvalue weighted by molar-refractivity contribution is 0.602. The molecule has 2 rings (SSSR count). The van der Waals surface area contributed by atoms with E-state index in [9.17, 15) is 8.42 Å². The third-order valence-electron chi connectivity index (χ3n) is 2.10. The molecule has 0 aliphatic rings. The zero-order valence-electron chi connectivity index (χ0n) is 9.64. The van der Waals surface area contributed by atoms with Crippen molar-refractivity contribution in [1.82, 2.24) is 9.97 Å². The maximum Gasteiger partial charge on any atom is 0.274 e. The van der Waals surface area contributed by atoms with E-state index < -0.39 is 10.0 Å². The molecule has 1 N–H and O–H groups in total. The standard InChI is InChI=1S/C10H10BrN3O2S2/c1-6-4-3-5-8(12-6)14-18(15,16)9-7(2)13-10(11)17-9/h3-5H,1-2H3,(H,12,14). The van der Waals surface area contributed by atoms with Crippen molar-refractivity contribution in [3.8, 4) is 0 Å². The van der Waals surface area contributed by atoms with E-state index in [1.165, 1.54) is 0 Å². The van der Waals surface area contributed by atoms with Crippen molar-refractivity contribution in [2.75, 3.05) is 4.72 Å². The molecule has 8 heteroatoms. The molecule has 96 valence electrons. The lowest BCUT2D eigenvalue weighted by Gasteiger charge is -2.06. The molecule has 0 atom stereocenters. The number of rotatable bonds is 3. The SMILES string of the molecule is Cc1cccc(NS(=O)(=O)c2sc(Br)nc2C)n1. The predicted octanol–water partition coefficient (Wildman–Crippen LogP) is 2.72. The first-order valence-corrected chi connectivity index (χ1v) is 8.07. The zero-order chi connectivity index (χ0) is 13.3. The van der Waals surface area contributed by atoms with E-state index in [0.29, 0.717) is 15.4 Å². The van der Waals surface area contributed by atoms with Gasteiger partial charge in [0.25, 0.3) is 10.0 Å². The van der Waals surface area contributed by atoms with Crippen molar-refractivity contribution in [2.24, 2.45) is 0 Å². The molecule has 0 aromatic carbocycles. The summed E-state index contributed by atoms with van der Waals surface area (Å²) in [6.45, 7) is 3.45. The van der Waals surface area contributed by atoms with Crippen molar-refractivity contribution >= 4 is 43.1 Å². The minimum Gasteiger partial charge on any atom is -0.263 e. The molecular weight excluding hydrogens is 338 g/mol. The fourth-order valence-electron chi connectivity index (χ4n) is 1.38. The number of hydrogen-bond acceptors (Lipinski definition) is 5. The van der Waals surface area contributed by atoms with Crippen molar-refractivity contribution in [3.63, 3.8) is 0 Å². The van der Waals surface area contributed by atoms with Gasteiger partial charge in [0.15, 0.2) is 8.13 Å². The summed E-state index contributed by atoms with van der Waals surface area (Å²) in [6.07, 6.45) is 0. The molecule has 0 aliphatic heterocycles. The Morgan fingerprint density at radius 3 is 2.56 bits per heavy atom. The van der Waals surface area contributed by atoms with Crippen LogP contribution in [0.3, 0.4) is 0 Å². The second-order valence-electron chi connectivity index (χ2n) is 3.61. The van der Waals surface area contributed by atoms with E-state index in [2.05, 4.69) is 30.6 Å². The average molecular weight is 348 g/mol. The predicted molar refractivity (Wildman–Crippen MR) is 74.3 cm³/mol. The third kappa shape index (κ3) is 2.88. The second-order valence-corrected chi connectivity index (χ2v) is 7.76. The highest BCUT2D eigenvalue weighted by Crippen LogP contribution is 2.28.